The third kappa shape index (κ3) is 6.04. The van der Waals surface area contributed by atoms with E-state index < -0.39 is 5.97 Å². The van der Waals surface area contributed by atoms with Gasteiger partial charge in [0.05, 0.1) is 17.8 Å². The average molecular weight is 365 g/mol. The van der Waals surface area contributed by atoms with Gasteiger partial charge in [0.25, 0.3) is 0 Å². The number of hydrogen-bond donors (Lipinski definition) is 3. The second-order valence-corrected chi connectivity index (χ2v) is 8.21. The molecule has 1 saturated heterocycles. The van der Waals surface area contributed by atoms with Gasteiger partial charge in [-0.15, -0.1) is 11.8 Å². The van der Waals surface area contributed by atoms with E-state index in [2.05, 4.69) is 55.7 Å². The van der Waals surface area contributed by atoms with Crippen molar-refractivity contribution in [3.8, 4) is 0 Å². The fraction of sp³-hybridized carbons (Fsp3) is 0.579. The highest BCUT2D eigenvalue weighted by atomic mass is 32.2. The quantitative estimate of drug-likeness (QED) is 0.661. The summed E-state index contributed by atoms with van der Waals surface area (Å²) in [6.45, 7) is 6.79. The van der Waals surface area contributed by atoms with Gasteiger partial charge in [-0.3, -0.25) is 14.9 Å². The first-order chi connectivity index (χ1) is 11.9. The van der Waals surface area contributed by atoms with Crippen LogP contribution < -0.4 is 10.6 Å². The van der Waals surface area contributed by atoms with Crippen molar-refractivity contribution in [3.63, 3.8) is 0 Å². The number of rotatable bonds is 8. The van der Waals surface area contributed by atoms with Crippen molar-refractivity contribution in [1.82, 2.24) is 10.6 Å². The molecular weight excluding hydrogens is 336 g/mol. The first-order valence-electron chi connectivity index (χ1n) is 8.82. The highest BCUT2D eigenvalue weighted by molar-refractivity contribution is 8.00. The molecule has 0 saturated carbocycles. The van der Waals surface area contributed by atoms with Crippen LogP contribution in [-0.2, 0) is 16.0 Å². The van der Waals surface area contributed by atoms with E-state index in [4.69, 9.17) is 5.11 Å². The molecule has 2 unspecified atom stereocenters. The number of thioether (sulfide) groups is 1. The zero-order chi connectivity index (χ0) is 18.4. The van der Waals surface area contributed by atoms with Crippen LogP contribution >= 0.6 is 11.8 Å². The molecular formula is C19H28N2O3S. The first kappa shape index (κ1) is 19.8. The van der Waals surface area contributed by atoms with E-state index in [1.54, 1.807) is 11.8 Å². The summed E-state index contributed by atoms with van der Waals surface area (Å²) in [4.78, 5) is 22.6. The summed E-state index contributed by atoms with van der Waals surface area (Å²) in [5.74, 6) is 0.641. The van der Waals surface area contributed by atoms with Crippen molar-refractivity contribution in [2.45, 2.75) is 50.9 Å². The number of benzene rings is 1. The van der Waals surface area contributed by atoms with Gasteiger partial charge in [-0.2, -0.15) is 0 Å². The zero-order valence-electron chi connectivity index (χ0n) is 15.1. The summed E-state index contributed by atoms with van der Waals surface area (Å²) in [6, 6.07) is 8.50. The number of carbonyl (C=O) groups is 2. The van der Waals surface area contributed by atoms with Crippen LogP contribution in [0.15, 0.2) is 24.3 Å². The highest BCUT2D eigenvalue weighted by Crippen LogP contribution is 2.32. The predicted octanol–water partition coefficient (Wildman–Crippen LogP) is 2.61. The second kappa shape index (κ2) is 9.25. The third-order valence-electron chi connectivity index (χ3n) is 4.37. The molecule has 25 heavy (non-hydrogen) atoms. The Labute approximate surface area is 154 Å². The lowest BCUT2D eigenvalue weighted by Gasteiger charge is -2.21. The van der Waals surface area contributed by atoms with Gasteiger partial charge in [-0.1, -0.05) is 45.0 Å². The Hall–Kier alpha value is -1.53. The van der Waals surface area contributed by atoms with Crippen LogP contribution in [0.3, 0.4) is 0 Å². The number of carbonyl (C=O) groups excluding carboxylic acids is 1. The molecule has 1 aliphatic heterocycles. The summed E-state index contributed by atoms with van der Waals surface area (Å²) >= 11 is 1.75. The van der Waals surface area contributed by atoms with E-state index >= 15 is 0 Å². The summed E-state index contributed by atoms with van der Waals surface area (Å²) < 4.78 is 0. The first-order valence-corrected chi connectivity index (χ1v) is 9.87. The van der Waals surface area contributed by atoms with Crippen LogP contribution in [0.4, 0.5) is 0 Å². The number of nitrogens with one attached hydrogen (secondary N) is 2. The van der Waals surface area contributed by atoms with Crippen LogP contribution in [0.1, 0.15) is 44.2 Å². The van der Waals surface area contributed by atoms with Crippen molar-refractivity contribution in [3.05, 3.63) is 35.4 Å². The van der Waals surface area contributed by atoms with Gasteiger partial charge < -0.3 is 10.4 Å². The van der Waals surface area contributed by atoms with Gasteiger partial charge in [0.1, 0.15) is 0 Å². The van der Waals surface area contributed by atoms with Crippen molar-refractivity contribution >= 4 is 23.6 Å². The zero-order valence-corrected chi connectivity index (χ0v) is 15.9. The smallest absolute Gasteiger partial charge is 0.305 e. The number of carboxylic acids is 1. The number of aliphatic carboxylic acids is 1. The molecule has 1 heterocycles. The minimum Gasteiger partial charge on any atom is -0.481 e. The Morgan fingerprint density at radius 2 is 1.96 bits per heavy atom. The molecule has 1 fully saturated rings. The SMILES string of the molecule is CC(C)Cc1ccc(C(C)C2N[C@H](C(=O)NCCC(=O)O)CS2)cc1. The second-order valence-electron chi connectivity index (χ2n) is 7.04. The maximum absolute atomic E-state index is 12.1. The van der Waals surface area contributed by atoms with E-state index in [1.165, 1.54) is 11.1 Å². The van der Waals surface area contributed by atoms with Gasteiger partial charge in [-0.25, -0.2) is 0 Å². The largest absolute Gasteiger partial charge is 0.481 e. The molecule has 1 aromatic carbocycles. The van der Waals surface area contributed by atoms with Crippen LogP contribution in [-0.4, -0.2) is 40.7 Å². The summed E-state index contributed by atoms with van der Waals surface area (Å²) in [5, 5.41) is 14.9. The maximum atomic E-state index is 12.1. The molecule has 2 rings (SSSR count). The molecule has 0 spiro atoms. The van der Waals surface area contributed by atoms with Crippen LogP contribution in [0, 0.1) is 5.92 Å². The van der Waals surface area contributed by atoms with E-state index in [0.717, 1.165) is 6.42 Å². The van der Waals surface area contributed by atoms with Gasteiger partial charge in [-0.05, 0) is 23.5 Å². The molecule has 0 bridgehead atoms. The van der Waals surface area contributed by atoms with Crippen molar-refractivity contribution in [2.75, 3.05) is 12.3 Å². The van der Waals surface area contributed by atoms with E-state index in [1.807, 2.05) is 0 Å². The van der Waals surface area contributed by atoms with E-state index in [9.17, 15) is 9.59 Å². The molecule has 1 aromatic rings. The van der Waals surface area contributed by atoms with Crippen LogP contribution in [0.25, 0.3) is 0 Å². The van der Waals surface area contributed by atoms with Gasteiger partial charge >= 0.3 is 5.97 Å². The number of amides is 1. The fourth-order valence-corrected chi connectivity index (χ4v) is 4.31. The minimum absolute atomic E-state index is 0.0475. The molecule has 1 amide bonds. The molecule has 6 heteroatoms. The minimum atomic E-state index is -0.901. The van der Waals surface area contributed by atoms with E-state index in [-0.39, 0.29) is 30.3 Å². The van der Waals surface area contributed by atoms with Gasteiger partial charge in [0, 0.05) is 18.2 Å². The molecule has 3 N–H and O–H groups in total. The van der Waals surface area contributed by atoms with Crippen molar-refractivity contribution < 1.29 is 14.7 Å². The average Bonchev–Trinajstić information content (AvgIpc) is 3.04. The predicted molar refractivity (Wildman–Crippen MR) is 102 cm³/mol. The Bertz CT molecular complexity index is 589. The highest BCUT2D eigenvalue weighted by Gasteiger charge is 2.33. The molecule has 138 valence electrons. The standard InChI is InChI=1S/C19H28N2O3S/c1-12(2)10-14-4-6-15(7-5-14)13(3)19-21-16(11-25-19)18(24)20-9-8-17(22)23/h4-7,12-13,16,19,21H,8-11H2,1-3H3,(H,20,24)(H,22,23)/t13?,16-,19?/m0/s1. The summed E-state index contributed by atoms with van der Waals surface area (Å²) in [5.41, 5.74) is 2.62. The van der Waals surface area contributed by atoms with Gasteiger partial charge in [0.2, 0.25) is 5.91 Å². The molecule has 5 nitrogen and oxygen atoms in total. The molecule has 0 radical (unpaired) electrons. The van der Waals surface area contributed by atoms with Crippen molar-refractivity contribution in [2.24, 2.45) is 5.92 Å². The Kier molecular flexibility index (Phi) is 7.32. The third-order valence-corrected chi connectivity index (χ3v) is 5.80. The summed E-state index contributed by atoms with van der Waals surface area (Å²) in [6.07, 6.45) is 1.04. The van der Waals surface area contributed by atoms with Crippen LogP contribution in [0.2, 0.25) is 0 Å². The lowest BCUT2D eigenvalue weighted by molar-refractivity contribution is -0.136. The Balaban J connectivity index is 1.86. The summed E-state index contributed by atoms with van der Waals surface area (Å²) in [7, 11) is 0. The maximum Gasteiger partial charge on any atom is 0.305 e. The lowest BCUT2D eigenvalue weighted by Crippen LogP contribution is -2.45. The van der Waals surface area contributed by atoms with Crippen molar-refractivity contribution in [1.29, 1.82) is 0 Å². The monoisotopic (exact) mass is 364 g/mol. The Morgan fingerprint density at radius 1 is 1.28 bits per heavy atom. The number of carboxylic acid groups (broad SMARTS) is 1. The number of hydrogen-bond acceptors (Lipinski definition) is 4. The lowest BCUT2D eigenvalue weighted by atomic mass is 9.96. The van der Waals surface area contributed by atoms with Gasteiger partial charge in [0.15, 0.2) is 0 Å². The molecule has 3 atom stereocenters. The molecule has 1 aliphatic rings. The molecule has 0 aromatic heterocycles. The van der Waals surface area contributed by atoms with Crippen LogP contribution in [0.5, 0.6) is 0 Å². The fourth-order valence-electron chi connectivity index (χ4n) is 2.95. The topological polar surface area (TPSA) is 78.4 Å². The molecule has 0 aliphatic carbocycles. The Morgan fingerprint density at radius 3 is 2.56 bits per heavy atom. The van der Waals surface area contributed by atoms with E-state index in [0.29, 0.717) is 17.6 Å². The normalized spacial score (nSPS) is 21.3.